The molecule has 1 saturated heterocycles. The van der Waals surface area contributed by atoms with Crippen molar-refractivity contribution in [3.8, 4) is 0 Å². The van der Waals surface area contributed by atoms with Crippen LogP contribution in [0, 0.1) is 19.8 Å². The molecule has 0 aliphatic carbocycles. The summed E-state index contributed by atoms with van der Waals surface area (Å²) in [5.41, 5.74) is 2.72. The zero-order valence-corrected chi connectivity index (χ0v) is 12.1. The largest absolute Gasteiger partial charge is 0.352 e. The van der Waals surface area contributed by atoms with Gasteiger partial charge in [-0.15, -0.1) is 0 Å². The molecule has 0 radical (unpaired) electrons. The summed E-state index contributed by atoms with van der Waals surface area (Å²) in [6.45, 7) is 4.32. The molecule has 0 bridgehead atoms. The molecule has 19 heavy (non-hydrogen) atoms. The number of amides is 1. The van der Waals surface area contributed by atoms with E-state index < -0.39 is 9.84 Å². The van der Waals surface area contributed by atoms with E-state index in [0.29, 0.717) is 18.5 Å². The lowest BCUT2D eigenvalue weighted by molar-refractivity contribution is 0.0947. The van der Waals surface area contributed by atoms with Gasteiger partial charge in [0.05, 0.1) is 11.5 Å². The van der Waals surface area contributed by atoms with Crippen molar-refractivity contribution in [2.24, 2.45) is 5.92 Å². The normalized spacial score (nSPS) is 21.3. The van der Waals surface area contributed by atoms with E-state index in [9.17, 15) is 13.2 Å². The number of aryl methyl sites for hydroxylation is 1. The summed E-state index contributed by atoms with van der Waals surface area (Å²) in [4.78, 5) is 12.1. The minimum absolute atomic E-state index is 0.0547. The van der Waals surface area contributed by atoms with Gasteiger partial charge in [-0.25, -0.2) is 8.42 Å². The fraction of sp³-hybridized carbons (Fsp3) is 0.500. The van der Waals surface area contributed by atoms with Crippen LogP contribution in [0.5, 0.6) is 0 Å². The number of sulfone groups is 1. The van der Waals surface area contributed by atoms with E-state index in [1.54, 1.807) is 6.07 Å². The van der Waals surface area contributed by atoms with Gasteiger partial charge in [0, 0.05) is 12.1 Å². The monoisotopic (exact) mass is 281 g/mol. The summed E-state index contributed by atoms with van der Waals surface area (Å²) >= 11 is 0. The van der Waals surface area contributed by atoms with Gasteiger partial charge in [0.2, 0.25) is 0 Å². The van der Waals surface area contributed by atoms with E-state index >= 15 is 0 Å². The number of nitrogens with one attached hydrogen (secondary N) is 1. The average Bonchev–Trinajstić information content (AvgIpc) is 2.69. The van der Waals surface area contributed by atoms with Crippen molar-refractivity contribution >= 4 is 15.7 Å². The van der Waals surface area contributed by atoms with Gasteiger partial charge in [0.1, 0.15) is 0 Å². The van der Waals surface area contributed by atoms with Gasteiger partial charge in [-0.05, 0) is 43.4 Å². The Morgan fingerprint density at radius 3 is 2.74 bits per heavy atom. The second-order valence-electron chi connectivity index (χ2n) is 5.23. The lowest BCUT2D eigenvalue weighted by atomic mass is 10.0. The first-order valence-corrected chi connectivity index (χ1v) is 8.26. The Morgan fingerprint density at radius 1 is 1.37 bits per heavy atom. The summed E-state index contributed by atoms with van der Waals surface area (Å²) in [5.74, 6) is 0.376. The molecule has 1 aromatic rings. The van der Waals surface area contributed by atoms with Crippen LogP contribution in [0.1, 0.15) is 27.9 Å². The molecule has 104 valence electrons. The van der Waals surface area contributed by atoms with Crippen LogP contribution in [-0.4, -0.2) is 32.4 Å². The number of hydrogen-bond donors (Lipinski definition) is 1. The molecule has 1 aliphatic rings. The Balaban J connectivity index is 1.97. The molecule has 1 N–H and O–H groups in total. The molecule has 1 atom stereocenters. The second kappa shape index (κ2) is 5.33. The number of carbonyl (C=O) groups is 1. The fourth-order valence-electron chi connectivity index (χ4n) is 2.36. The van der Waals surface area contributed by atoms with E-state index in [0.717, 1.165) is 11.1 Å². The van der Waals surface area contributed by atoms with Crippen molar-refractivity contribution < 1.29 is 13.2 Å². The van der Waals surface area contributed by atoms with E-state index in [1.165, 1.54) is 0 Å². The summed E-state index contributed by atoms with van der Waals surface area (Å²) in [6.07, 6.45) is 0.648. The van der Waals surface area contributed by atoms with Crippen LogP contribution in [-0.2, 0) is 9.84 Å². The highest BCUT2D eigenvalue weighted by Crippen LogP contribution is 2.18. The number of hydrogen-bond acceptors (Lipinski definition) is 3. The van der Waals surface area contributed by atoms with Crippen LogP contribution in [0.2, 0.25) is 0 Å². The van der Waals surface area contributed by atoms with Crippen molar-refractivity contribution in [3.63, 3.8) is 0 Å². The first-order valence-electron chi connectivity index (χ1n) is 6.44. The third-order valence-corrected chi connectivity index (χ3v) is 5.56. The molecular formula is C14H19NO3S. The number of rotatable bonds is 3. The number of carbonyl (C=O) groups excluding carboxylic acids is 1. The average molecular weight is 281 g/mol. The molecule has 0 saturated carbocycles. The van der Waals surface area contributed by atoms with Crippen molar-refractivity contribution in [2.45, 2.75) is 20.3 Å². The van der Waals surface area contributed by atoms with Crippen LogP contribution in [0.15, 0.2) is 18.2 Å². The Labute approximate surface area is 114 Å². The minimum Gasteiger partial charge on any atom is -0.352 e. The molecule has 1 fully saturated rings. The summed E-state index contributed by atoms with van der Waals surface area (Å²) in [6, 6.07) is 5.62. The van der Waals surface area contributed by atoms with Gasteiger partial charge >= 0.3 is 0 Å². The Kier molecular flexibility index (Phi) is 3.94. The van der Waals surface area contributed by atoms with Crippen molar-refractivity contribution in [3.05, 3.63) is 34.9 Å². The molecule has 1 unspecified atom stereocenters. The molecule has 1 aliphatic heterocycles. The number of benzene rings is 1. The van der Waals surface area contributed by atoms with Crippen LogP contribution in [0.3, 0.4) is 0 Å². The van der Waals surface area contributed by atoms with Crippen LogP contribution in [0.4, 0.5) is 0 Å². The van der Waals surface area contributed by atoms with Gasteiger partial charge < -0.3 is 5.32 Å². The Bertz CT molecular complexity index is 593. The molecule has 1 amide bonds. The lowest BCUT2D eigenvalue weighted by Gasteiger charge is -2.12. The predicted octanol–water partition coefficient (Wildman–Crippen LogP) is 1.47. The molecule has 1 heterocycles. The highest BCUT2D eigenvalue weighted by Gasteiger charge is 2.28. The first kappa shape index (κ1) is 14.1. The van der Waals surface area contributed by atoms with Crippen molar-refractivity contribution in [1.82, 2.24) is 5.32 Å². The second-order valence-corrected chi connectivity index (χ2v) is 7.46. The van der Waals surface area contributed by atoms with E-state index in [2.05, 4.69) is 5.32 Å². The Hall–Kier alpha value is -1.36. The standard InChI is InChI=1S/C14H19NO3S/c1-10-4-3-5-13(11(10)2)14(16)15-8-12-6-7-19(17,18)9-12/h3-5,12H,6-9H2,1-2H3,(H,15,16). The van der Waals surface area contributed by atoms with Gasteiger partial charge in [-0.2, -0.15) is 0 Å². The summed E-state index contributed by atoms with van der Waals surface area (Å²) < 4.78 is 22.7. The highest BCUT2D eigenvalue weighted by molar-refractivity contribution is 7.91. The third kappa shape index (κ3) is 3.35. The van der Waals surface area contributed by atoms with Gasteiger partial charge in [0.25, 0.3) is 5.91 Å². The maximum atomic E-state index is 12.1. The van der Waals surface area contributed by atoms with Crippen molar-refractivity contribution in [1.29, 1.82) is 0 Å². The van der Waals surface area contributed by atoms with Gasteiger partial charge in [-0.3, -0.25) is 4.79 Å². The van der Waals surface area contributed by atoms with Crippen LogP contribution in [0.25, 0.3) is 0 Å². The molecule has 0 aromatic heterocycles. The van der Waals surface area contributed by atoms with E-state index in [-0.39, 0.29) is 23.3 Å². The topological polar surface area (TPSA) is 63.2 Å². The quantitative estimate of drug-likeness (QED) is 0.912. The van der Waals surface area contributed by atoms with Crippen LogP contribution < -0.4 is 5.32 Å². The van der Waals surface area contributed by atoms with E-state index in [4.69, 9.17) is 0 Å². The molecule has 4 nitrogen and oxygen atoms in total. The SMILES string of the molecule is Cc1cccc(C(=O)NCC2CCS(=O)(=O)C2)c1C. The zero-order valence-electron chi connectivity index (χ0n) is 11.3. The highest BCUT2D eigenvalue weighted by atomic mass is 32.2. The predicted molar refractivity (Wildman–Crippen MR) is 75.0 cm³/mol. The van der Waals surface area contributed by atoms with E-state index in [1.807, 2.05) is 26.0 Å². The zero-order chi connectivity index (χ0) is 14.0. The van der Waals surface area contributed by atoms with Crippen molar-refractivity contribution in [2.75, 3.05) is 18.1 Å². The third-order valence-electron chi connectivity index (χ3n) is 3.73. The van der Waals surface area contributed by atoms with Gasteiger partial charge in [-0.1, -0.05) is 12.1 Å². The molecule has 5 heteroatoms. The fourth-order valence-corrected chi connectivity index (χ4v) is 4.22. The summed E-state index contributed by atoms with van der Waals surface area (Å²) in [7, 11) is -2.87. The maximum absolute atomic E-state index is 12.1. The molecule has 1 aromatic carbocycles. The first-order chi connectivity index (χ1) is 8.89. The minimum atomic E-state index is -2.87. The molecule has 0 spiro atoms. The lowest BCUT2D eigenvalue weighted by Crippen LogP contribution is -2.30. The summed E-state index contributed by atoms with van der Waals surface area (Å²) in [5, 5.41) is 2.84. The Morgan fingerprint density at radius 2 is 2.11 bits per heavy atom. The smallest absolute Gasteiger partial charge is 0.251 e. The van der Waals surface area contributed by atoms with Crippen LogP contribution >= 0.6 is 0 Å². The molecule has 2 rings (SSSR count). The molecular weight excluding hydrogens is 262 g/mol. The van der Waals surface area contributed by atoms with Gasteiger partial charge in [0.15, 0.2) is 9.84 Å². The maximum Gasteiger partial charge on any atom is 0.251 e.